The molecule has 0 N–H and O–H groups in total. The van der Waals surface area contributed by atoms with E-state index in [1.165, 1.54) is 6.07 Å². The van der Waals surface area contributed by atoms with Crippen molar-refractivity contribution in [3.05, 3.63) is 70.0 Å². The summed E-state index contributed by atoms with van der Waals surface area (Å²) in [5, 5.41) is 0.711. The summed E-state index contributed by atoms with van der Waals surface area (Å²) in [5.41, 5.74) is 2.13. The fourth-order valence-corrected chi connectivity index (χ4v) is 2.89. The Hall–Kier alpha value is -1.67. The third-order valence-electron chi connectivity index (χ3n) is 3.87. The summed E-state index contributed by atoms with van der Waals surface area (Å²) < 4.78 is 13.2. The number of hydrogen-bond acceptors (Lipinski definition) is 1. The molecule has 1 aliphatic carbocycles. The van der Waals surface area contributed by atoms with Crippen LogP contribution in [0.2, 0.25) is 5.02 Å². The molecule has 102 valence electrons. The zero-order chi connectivity index (χ0) is 14.3. The van der Waals surface area contributed by atoms with Crippen LogP contribution in [0.3, 0.4) is 0 Å². The van der Waals surface area contributed by atoms with E-state index in [-0.39, 0.29) is 23.4 Å². The fraction of sp³-hybridized carbons (Fsp3) is 0.235. The molecular formula is C17H14ClFO. The van der Waals surface area contributed by atoms with Crippen LogP contribution in [-0.2, 0) is 0 Å². The normalized spacial score (nSPS) is 20.8. The maximum Gasteiger partial charge on any atom is 0.166 e. The van der Waals surface area contributed by atoms with E-state index in [1.54, 1.807) is 19.1 Å². The van der Waals surface area contributed by atoms with Gasteiger partial charge in [-0.15, -0.1) is 0 Å². The highest BCUT2D eigenvalue weighted by Crippen LogP contribution is 2.51. The van der Waals surface area contributed by atoms with E-state index in [1.807, 2.05) is 24.3 Å². The van der Waals surface area contributed by atoms with Gasteiger partial charge in [0.2, 0.25) is 0 Å². The van der Waals surface area contributed by atoms with Crippen molar-refractivity contribution in [2.24, 2.45) is 5.92 Å². The minimum absolute atomic E-state index is 0.0280. The van der Waals surface area contributed by atoms with Crippen LogP contribution in [0, 0.1) is 18.7 Å². The molecule has 2 unspecified atom stereocenters. The first-order valence-corrected chi connectivity index (χ1v) is 7.00. The van der Waals surface area contributed by atoms with Gasteiger partial charge in [-0.25, -0.2) is 4.39 Å². The molecular weight excluding hydrogens is 275 g/mol. The van der Waals surface area contributed by atoms with Crippen LogP contribution in [0.4, 0.5) is 4.39 Å². The van der Waals surface area contributed by atoms with Gasteiger partial charge in [0, 0.05) is 16.5 Å². The van der Waals surface area contributed by atoms with Gasteiger partial charge < -0.3 is 0 Å². The molecule has 0 spiro atoms. The number of ketones is 1. The monoisotopic (exact) mass is 288 g/mol. The predicted octanol–water partition coefficient (Wildman–Crippen LogP) is 4.77. The zero-order valence-electron chi connectivity index (χ0n) is 11.1. The van der Waals surface area contributed by atoms with Gasteiger partial charge in [-0.1, -0.05) is 29.8 Å². The lowest BCUT2D eigenvalue weighted by molar-refractivity contribution is 0.0965. The lowest BCUT2D eigenvalue weighted by atomic mass is 10.0. The summed E-state index contributed by atoms with van der Waals surface area (Å²) in [6.07, 6.45) is 0.818. The Bertz CT molecular complexity index is 680. The number of carbonyl (C=O) groups is 1. The van der Waals surface area contributed by atoms with E-state index in [2.05, 4.69) is 0 Å². The molecule has 2 aromatic carbocycles. The molecule has 1 fully saturated rings. The summed E-state index contributed by atoms with van der Waals surface area (Å²) in [5.74, 6) is -0.0284. The number of hydrogen-bond donors (Lipinski definition) is 0. The Balaban J connectivity index is 1.81. The van der Waals surface area contributed by atoms with E-state index in [4.69, 9.17) is 11.6 Å². The lowest BCUT2D eigenvalue weighted by Gasteiger charge is -2.04. The molecule has 0 aliphatic heterocycles. The highest BCUT2D eigenvalue weighted by Gasteiger charge is 2.44. The fourth-order valence-electron chi connectivity index (χ4n) is 2.62. The van der Waals surface area contributed by atoms with Gasteiger partial charge >= 0.3 is 0 Å². The third-order valence-corrected chi connectivity index (χ3v) is 4.22. The van der Waals surface area contributed by atoms with E-state index in [0.29, 0.717) is 16.1 Å². The molecule has 0 heterocycles. The molecule has 0 bridgehead atoms. The maximum atomic E-state index is 13.2. The quantitative estimate of drug-likeness (QED) is 0.743. The predicted molar refractivity (Wildman–Crippen MR) is 77.8 cm³/mol. The molecule has 2 aromatic rings. The third kappa shape index (κ3) is 2.36. The number of aryl methyl sites for hydroxylation is 1. The second kappa shape index (κ2) is 5.02. The van der Waals surface area contributed by atoms with E-state index >= 15 is 0 Å². The highest BCUT2D eigenvalue weighted by atomic mass is 35.5. The standard InChI is InChI=1S/C17H14ClFO/c1-10-8-11(6-7-16(10)19)17(20)14-9-13(14)12-4-2-3-5-15(12)18/h2-8,13-14H,9H2,1H3. The first-order valence-electron chi connectivity index (χ1n) is 6.62. The van der Waals surface area contributed by atoms with Crippen molar-refractivity contribution in [3.63, 3.8) is 0 Å². The Labute approximate surface area is 122 Å². The van der Waals surface area contributed by atoms with Crippen molar-refractivity contribution >= 4 is 17.4 Å². The zero-order valence-corrected chi connectivity index (χ0v) is 11.8. The number of rotatable bonds is 3. The Kier molecular flexibility index (Phi) is 3.35. The van der Waals surface area contributed by atoms with Crippen LogP contribution in [-0.4, -0.2) is 5.78 Å². The summed E-state index contributed by atoms with van der Waals surface area (Å²) in [6, 6.07) is 12.2. The first kappa shape index (κ1) is 13.3. The lowest BCUT2D eigenvalue weighted by Crippen LogP contribution is -2.04. The number of carbonyl (C=O) groups excluding carboxylic acids is 1. The molecule has 2 atom stereocenters. The molecule has 20 heavy (non-hydrogen) atoms. The van der Waals surface area contributed by atoms with Gasteiger partial charge in [-0.05, 0) is 54.7 Å². The number of Topliss-reactive ketones (excluding diaryl/α,β-unsaturated/α-hetero) is 1. The Morgan fingerprint density at radius 2 is 2.00 bits per heavy atom. The first-order chi connectivity index (χ1) is 9.58. The van der Waals surface area contributed by atoms with Gasteiger partial charge in [0.25, 0.3) is 0 Å². The van der Waals surface area contributed by atoms with Crippen molar-refractivity contribution in [1.82, 2.24) is 0 Å². The molecule has 0 saturated heterocycles. The van der Waals surface area contributed by atoms with E-state index in [9.17, 15) is 9.18 Å². The minimum atomic E-state index is -0.278. The van der Waals surface area contributed by atoms with Crippen LogP contribution in [0.15, 0.2) is 42.5 Å². The van der Waals surface area contributed by atoms with Gasteiger partial charge in [0.15, 0.2) is 5.78 Å². The second-order valence-electron chi connectivity index (χ2n) is 5.30. The van der Waals surface area contributed by atoms with Gasteiger partial charge in [0.05, 0.1) is 0 Å². The summed E-state index contributed by atoms with van der Waals surface area (Å²) >= 11 is 6.16. The largest absolute Gasteiger partial charge is 0.294 e. The van der Waals surface area contributed by atoms with Crippen LogP contribution >= 0.6 is 11.6 Å². The number of benzene rings is 2. The smallest absolute Gasteiger partial charge is 0.166 e. The highest BCUT2D eigenvalue weighted by molar-refractivity contribution is 6.31. The molecule has 0 aromatic heterocycles. The van der Waals surface area contributed by atoms with Crippen molar-refractivity contribution < 1.29 is 9.18 Å². The molecule has 0 radical (unpaired) electrons. The SMILES string of the molecule is Cc1cc(C(=O)C2CC2c2ccccc2Cl)ccc1F. The molecule has 3 rings (SSSR count). The van der Waals surface area contributed by atoms with Crippen LogP contribution in [0.25, 0.3) is 0 Å². The molecule has 1 aliphatic rings. The van der Waals surface area contributed by atoms with E-state index in [0.717, 1.165) is 12.0 Å². The van der Waals surface area contributed by atoms with Crippen molar-refractivity contribution in [2.75, 3.05) is 0 Å². The molecule has 1 saturated carbocycles. The molecule has 0 amide bonds. The Morgan fingerprint density at radius 1 is 1.25 bits per heavy atom. The van der Waals surface area contributed by atoms with Crippen molar-refractivity contribution in [1.29, 1.82) is 0 Å². The van der Waals surface area contributed by atoms with E-state index < -0.39 is 0 Å². The van der Waals surface area contributed by atoms with Gasteiger partial charge in [-0.2, -0.15) is 0 Å². The molecule has 1 nitrogen and oxygen atoms in total. The average Bonchev–Trinajstić information content (AvgIpc) is 3.22. The topological polar surface area (TPSA) is 17.1 Å². The van der Waals surface area contributed by atoms with Crippen molar-refractivity contribution in [3.8, 4) is 0 Å². The van der Waals surface area contributed by atoms with Gasteiger partial charge in [-0.3, -0.25) is 4.79 Å². The second-order valence-corrected chi connectivity index (χ2v) is 5.71. The van der Waals surface area contributed by atoms with Gasteiger partial charge in [0.1, 0.15) is 5.82 Å². The van der Waals surface area contributed by atoms with Crippen LogP contribution in [0.5, 0.6) is 0 Å². The summed E-state index contributed by atoms with van der Waals surface area (Å²) in [4.78, 5) is 12.4. The summed E-state index contributed by atoms with van der Waals surface area (Å²) in [7, 11) is 0. The van der Waals surface area contributed by atoms with Crippen molar-refractivity contribution in [2.45, 2.75) is 19.3 Å². The minimum Gasteiger partial charge on any atom is -0.294 e. The molecule has 3 heteroatoms. The van der Waals surface area contributed by atoms with Crippen LogP contribution < -0.4 is 0 Å². The van der Waals surface area contributed by atoms with Crippen LogP contribution in [0.1, 0.15) is 33.8 Å². The number of halogens is 2. The maximum absolute atomic E-state index is 13.2. The Morgan fingerprint density at radius 3 is 2.70 bits per heavy atom. The summed E-state index contributed by atoms with van der Waals surface area (Å²) in [6.45, 7) is 1.67. The average molecular weight is 289 g/mol.